The van der Waals surface area contributed by atoms with E-state index in [9.17, 15) is 0 Å². The number of nitrogen functional groups attached to an aromatic ring is 1. The van der Waals surface area contributed by atoms with Crippen LogP contribution in [-0.4, -0.2) is 14.5 Å². The second-order valence-electron chi connectivity index (χ2n) is 5.54. The van der Waals surface area contributed by atoms with Crippen LogP contribution in [0.4, 0.5) is 5.82 Å². The lowest BCUT2D eigenvalue weighted by Crippen LogP contribution is -1.92. The van der Waals surface area contributed by atoms with E-state index in [0.29, 0.717) is 5.82 Å². The minimum absolute atomic E-state index is 0.470. The topological polar surface area (TPSA) is 56.7 Å². The van der Waals surface area contributed by atoms with Gasteiger partial charge in [0.15, 0.2) is 0 Å². The van der Waals surface area contributed by atoms with E-state index in [1.54, 1.807) is 6.07 Å². The third-order valence-electron chi connectivity index (χ3n) is 4.05. The van der Waals surface area contributed by atoms with Crippen molar-refractivity contribution in [3.8, 4) is 0 Å². The summed E-state index contributed by atoms with van der Waals surface area (Å²) in [5.74, 6) is 0.470. The van der Waals surface area contributed by atoms with Gasteiger partial charge in [0.05, 0.1) is 16.7 Å². The fraction of sp³-hybridized carbons (Fsp3) is 0.0526. The highest BCUT2D eigenvalue weighted by Gasteiger charge is 2.09. The molecule has 0 bridgehead atoms. The highest BCUT2D eigenvalue weighted by Crippen LogP contribution is 2.31. The molecular formula is C19H16N4. The Morgan fingerprint density at radius 2 is 1.83 bits per heavy atom. The molecule has 2 aromatic carbocycles. The first kappa shape index (κ1) is 13.5. The van der Waals surface area contributed by atoms with Gasteiger partial charge in [-0.15, -0.1) is 0 Å². The van der Waals surface area contributed by atoms with Crippen LogP contribution in [0.3, 0.4) is 0 Å². The zero-order chi connectivity index (χ0) is 15.8. The number of benzene rings is 2. The summed E-state index contributed by atoms with van der Waals surface area (Å²) in [5.41, 5.74) is 10.1. The van der Waals surface area contributed by atoms with E-state index < -0.39 is 0 Å². The average Bonchev–Trinajstić information content (AvgIpc) is 2.88. The molecule has 0 spiro atoms. The maximum absolute atomic E-state index is 5.72. The van der Waals surface area contributed by atoms with Crippen LogP contribution < -0.4 is 5.73 Å². The van der Waals surface area contributed by atoms with Crippen LogP contribution in [-0.2, 0) is 0 Å². The highest BCUT2D eigenvalue weighted by atomic mass is 15.0. The van der Waals surface area contributed by atoms with Gasteiger partial charge in [0.25, 0.3) is 0 Å². The molecule has 0 saturated carbocycles. The molecule has 2 aromatic heterocycles. The van der Waals surface area contributed by atoms with Crippen molar-refractivity contribution in [2.75, 3.05) is 5.73 Å². The van der Waals surface area contributed by atoms with Gasteiger partial charge in [0.1, 0.15) is 12.1 Å². The lowest BCUT2D eigenvalue weighted by molar-refractivity contribution is 1.16. The third-order valence-corrected chi connectivity index (χ3v) is 4.05. The standard InChI is InChI=1S/C19H16N4/c1-13-5-4-8-17-19(13)15-6-2-3-7-16(15)23(17)10-9-14-11-18(20)22-12-21-14/h2-12H,1H3,(H2,20,21,22). The summed E-state index contributed by atoms with van der Waals surface area (Å²) in [4.78, 5) is 8.15. The largest absolute Gasteiger partial charge is 0.384 e. The Balaban J connectivity index is 1.96. The zero-order valence-electron chi connectivity index (χ0n) is 12.8. The van der Waals surface area contributed by atoms with Gasteiger partial charge in [-0.3, -0.25) is 0 Å². The molecule has 0 aliphatic rings. The number of hydrogen-bond donors (Lipinski definition) is 1. The van der Waals surface area contributed by atoms with Crippen LogP contribution in [0.15, 0.2) is 54.9 Å². The lowest BCUT2D eigenvalue weighted by Gasteiger charge is -2.01. The van der Waals surface area contributed by atoms with Crippen molar-refractivity contribution >= 4 is 39.9 Å². The van der Waals surface area contributed by atoms with Gasteiger partial charge in [-0.2, -0.15) is 0 Å². The molecule has 112 valence electrons. The number of nitrogens with zero attached hydrogens (tertiary/aromatic N) is 3. The van der Waals surface area contributed by atoms with Gasteiger partial charge in [-0.25, -0.2) is 9.97 Å². The predicted octanol–water partition coefficient (Wildman–Crippen LogP) is 4.10. The van der Waals surface area contributed by atoms with Crippen LogP contribution in [0.25, 0.3) is 34.1 Å². The average molecular weight is 300 g/mol. The molecule has 4 rings (SSSR count). The molecule has 2 heterocycles. The van der Waals surface area contributed by atoms with Gasteiger partial charge >= 0.3 is 0 Å². The Kier molecular flexibility index (Phi) is 3.08. The molecule has 4 heteroatoms. The van der Waals surface area contributed by atoms with Crippen molar-refractivity contribution in [3.05, 3.63) is 66.1 Å². The number of hydrogen-bond acceptors (Lipinski definition) is 3. The molecule has 4 aromatic rings. The van der Waals surface area contributed by atoms with Crippen LogP contribution in [0.1, 0.15) is 11.3 Å². The van der Waals surface area contributed by atoms with Crippen molar-refractivity contribution in [2.45, 2.75) is 6.92 Å². The van der Waals surface area contributed by atoms with Gasteiger partial charge < -0.3 is 10.3 Å². The number of aromatic nitrogens is 3. The summed E-state index contributed by atoms with van der Waals surface area (Å²) >= 11 is 0. The number of anilines is 1. The lowest BCUT2D eigenvalue weighted by atomic mass is 10.1. The summed E-state index contributed by atoms with van der Waals surface area (Å²) in [5, 5.41) is 2.54. The molecule has 2 N–H and O–H groups in total. The maximum Gasteiger partial charge on any atom is 0.127 e. The van der Waals surface area contributed by atoms with E-state index in [0.717, 1.165) is 5.69 Å². The first-order chi connectivity index (χ1) is 11.2. The van der Waals surface area contributed by atoms with Crippen molar-refractivity contribution in [3.63, 3.8) is 0 Å². The fourth-order valence-electron chi connectivity index (χ4n) is 3.02. The molecule has 0 amide bonds. The molecule has 23 heavy (non-hydrogen) atoms. The summed E-state index contributed by atoms with van der Waals surface area (Å²) in [6, 6.07) is 16.6. The molecule has 0 aliphatic carbocycles. The summed E-state index contributed by atoms with van der Waals surface area (Å²) < 4.78 is 2.19. The SMILES string of the molecule is Cc1cccc2c1c1ccccc1n2C=Cc1cc(N)ncn1. The number of para-hydroxylation sites is 1. The monoisotopic (exact) mass is 300 g/mol. The summed E-state index contributed by atoms with van der Waals surface area (Å²) in [6.45, 7) is 2.15. The second-order valence-corrected chi connectivity index (χ2v) is 5.54. The predicted molar refractivity (Wildman–Crippen MR) is 95.8 cm³/mol. The summed E-state index contributed by atoms with van der Waals surface area (Å²) in [6.07, 6.45) is 5.46. The molecule has 0 unspecified atom stereocenters. The summed E-state index contributed by atoms with van der Waals surface area (Å²) in [7, 11) is 0. The number of fused-ring (bicyclic) bond motifs is 3. The van der Waals surface area contributed by atoms with Crippen LogP contribution >= 0.6 is 0 Å². The van der Waals surface area contributed by atoms with Crippen LogP contribution in [0.2, 0.25) is 0 Å². The van der Waals surface area contributed by atoms with E-state index in [1.165, 1.54) is 33.7 Å². The zero-order valence-corrected chi connectivity index (χ0v) is 12.8. The first-order valence-electron chi connectivity index (χ1n) is 7.48. The number of aryl methyl sites for hydroxylation is 1. The Morgan fingerprint density at radius 1 is 1.00 bits per heavy atom. The van der Waals surface area contributed by atoms with Crippen molar-refractivity contribution < 1.29 is 0 Å². The normalized spacial score (nSPS) is 11.7. The van der Waals surface area contributed by atoms with Crippen molar-refractivity contribution in [2.24, 2.45) is 0 Å². The third kappa shape index (κ3) is 2.25. The first-order valence-corrected chi connectivity index (χ1v) is 7.48. The molecular weight excluding hydrogens is 284 g/mol. The minimum atomic E-state index is 0.470. The minimum Gasteiger partial charge on any atom is -0.384 e. The molecule has 0 radical (unpaired) electrons. The Labute approximate surface area is 133 Å². The van der Waals surface area contributed by atoms with Gasteiger partial charge in [0.2, 0.25) is 0 Å². The van der Waals surface area contributed by atoms with E-state index in [-0.39, 0.29) is 0 Å². The fourth-order valence-corrected chi connectivity index (χ4v) is 3.02. The molecule has 0 fully saturated rings. The quantitative estimate of drug-likeness (QED) is 0.606. The number of nitrogens with two attached hydrogens (primary N) is 1. The van der Waals surface area contributed by atoms with Gasteiger partial charge in [-0.05, 0) is 30.7 Å². The van der Waals surface area contributed by atoms with Crippen molar-refractivity contribution in [1.82, 2.24) is 14.5 Å². The van der Waals surface area contributed by atoms with Crippen molar-refractivity contribution in [1.29, 1.82) is 0 Å². The van der Waals surface area contributed by atoms with E-state index >= 15 is 0 Å². The molecule has 0 saturated heterocycles. The van der Waals surface area contributed by atoms with E-state index in [2.05, 4.69) is 63.9 Å². The van der Waals surface area contributed by atoms with Gasteiger partial charge in [0, 0.05) is 23.0 Å². The number of rotatable bonds is 2. The Hall–Kier alpha value is -3.14. The maximum atomic E-state index is 5.72. The Bertz CT molecular complexity index is 1040. The van der Waals surface area contributed by atoms with Gasteiger partial charge in [-0.1, -0.05) is 30.3 Å². The molecule has 4 nitrogen and oxygen atoms in total. The Morgan fingerprint density at radius 3 is 2.70 bits per heavy atom. The smallest absolute Gasteiger partial charge is 0.127 e. The van der Waals surface area contributed by atoms with E-state index in [4.69, 9.17) is 5.73 Å². The van der Waals surface area contributed by atoms with Crippen LogP contribution in [0.5, 0.6) is 0 Å². The molecule has 0 atom stereocenters. The second kappa shape index (κ2) is 5.25. The van der Waals surface area contributed by atoms with Crippen LogP contribution in [0, 0.1) is 6.92 Å². The highest BCUT2D eigenvalue weighted by molar-refractivity contribution is 6.11. The molecule has 0 aliphatic heterocycles. The van der Waals surface area contributed by atoms with E-state index in [1.807, 2.05) is 12.3 Å².